The molecule has 1 aromatic heterocycles. The Labute approximate surface area is 212 Å². The molecule has 0 spiro atoms. The monoisotopic (exact) mass is 524 g/mol. The average molecular weight is 526 g/mol. The number of aromatic carboxylic acids is 1. The molecular weight excluding hydrogens is 503 g/mol. The van der Waals surface area contributed by atoms with Crippen LogP contribution in [0.15, 0.2) is 54.6 Å². The second kappa shape index (κ2) is 10.9. The molecule has 0 aliphatic heterocycles. The standard InChI is InChI=1S/C24H22Cl2N2O3S.ClH/c25-15-10-11-16(17(26)12-15)23(29)28(19-9-5-4-8-18(19)27)20-13-21(32-22(20)24(30)31)14-6-2-1-3-7-14;/h1-3,6-7,10-13,18-19H,4-5,8-9,27H2,(H,30,31);1H/t18?,19-;/m1./s1. The summed E-state index contributed by atoms with van der Waals surface area (Å²) < 4.78 is 0. The van der Waals surface area contributed by atoms with E-state index in [-0.39, 0.29) is 45.9 Å². The second-order valence-corrected chi connectivity index (χ2v) is 9.80. The van der Waals surface area contributed by atoms with E-state index in [1.807, 2.05) is 30.3 Å². The molecule has 9 heteroatoms. The number of carbonyl (C=O) groups is 2. The quantitative estimate of drug-likeness (QED) is 0.537. The fraction of sp³-hybridized carbons (Fsp3) is 0.250. The number of rotatable bonds is 5. The van der Waals surface area contributed by atoms with Gasteiger partial charge in [-0.2, -0.15) is 0 Å². The van der Waals surface area contributed by atoms with Crippen LogP contribution in [0.3, 0.4) is 0 Å². The molecule has 1 fully saturated rings. The van der Waals surface area contributed by atoms with Crippen LogP contribution in [0.4, 0.5) is 5.69 Å². The van der Waals surface area contributed by atoms with E-state index >= 15 is 0 Å². The number of carbonyl (C=O) groups excluding carboxylic acids is 1. The first kappa shape index (κ1) is 25.5. The summed E-state index contributed by atoms with van der Waals surface area (Å²) in [5, 5.41) is 10.7. The fourth-order valence-electron chi connectivity index (χ4n) is 4.22. The van der Waals surface area contributed by atoms with E-state index in [0.29, 0.717) is 10.7 Å². The lowest BCUT2D eigenvalue weighted by Crippen LogP contribution is -3.00. The van der Waals surface area contributed by atoms with Crippen LogP contribution in [0.1, 0.15) is 45.7 Å². The van der Waals surface area contributed by atoms with Crippen molar-refractivity contribution in [3.63, 3.8) is 0 Å². The number of halogens is 3. The van der Waals surface area contributed by atoms with Gasteiger partial charge < -0.3 is 23.2 Å². The zero-order valence-corrected chi connectivity index (χ0v) is 20.7. The summed E-state index contributed by atoms with van der Waals surface area (Å²) >= 11 is 13.6. The van der Waals surface area contributed by atoms with Gasteiger partial charge in [-0.05, 0) is 42.7 Å². The summed E-state index contributed by atoms with van der Waals surface area (Å²) in [6.07, 6.45) is 3.62. The summed E-state index contributed by atoms with van der Waals surface area (Å²) in [4.78, 5) is 28.6. The molecule has 1 aliphatic carbocycles. The maximum atomic E-state index is 13.8. The summed E-state index contributed by atoms with van der Waals surface area (Å²) in [6.45, 7) is 0. The molecule has 1 heterocycles. The number of benzene rings is 2. The molecule has 1 unspecified atom stereocenters. The molecular formula is C24H23Cl3N2O3S. The van der Waals surface area contributed by atoms with Crippen molar-refractivity contribution in [2.75, 3.05) is 4.90 Å². The first-order valence-corrected chi connectivity index (χ1v) is 12.0. The number of quaternary nitrogens is 1. The van der Waals surface area contributed by atoms with Crippen LogP contribution in [-0.4, -0.2) is 29.1 Å². The Morgan fingerprint density at radius 3 is 2.36 bits per heavy atom. The summed E-state index contributed by atoms with van der Waals surface area (Å²) in [5.74, 6) is -1.41. The Morgan fingerprint density at radius 2 is 1.73 bits per heavy atom. The first-order chi connectivity index (χ1) is 15.4. The second-order valence-electron chi connectivity index (χ2n) is 7.91. The van der Waals surface area contributed by atoms with Crippen LogP contribution in [0.2, 0.25) is 10.0 Å². The number of carboxylic acids is 1. The molecule has 4 N–H and O–H groups in total. The highest BCUT2D eigenvalue weighted by molar-refractivity contribution is 7.18. The van der Waals surface area contributed by atoms with E-state index in [1.54, 1.807) is 23.1 Å². The predicted molar refractivity (Wildman–Crippen MR) is 129 cm³/mol. The van der Waals surface area contributed by atoms with Crippen molar-refractivity contribution in [2.24, 2.45) is 0 Å². The van der Waals surface area contributed by atoms with Crippen LogP contribution in [0.25, 0.3) is 10.4 Å². The van der Waals surface area contributed by atoms with Gasteiger partial charge >= 0.3 is 5.97 Å². The van der Waals surface area contributed by atoms with Crippen LogP contribution < -0.4 is 23.0 Å². The zero-order valence-electron chi connectivity index (χ0n) is 17.6. The van der Waals surface area contributed by atoms with Gasteiger partial charge in [-0.25, -0.2) is 4.79 Å². The molecule has 0 bridgehead atoms. The van der Waals surface area contributed by atoms with Crippen LogP contribution in [0, 0.1) is 0 Å². The normalized spacial score (nSPS) is 17.8. The zero-order chi connectivity index (χ0) is 22.8. The molecule has 174 valence electrons. The molecule has 1 amide bonds. The van der Waals surface area contributed by atoms with Crippen molar-refractivity contribution in [1.29, 1.82) is 0 Å². The van der Waals surface area contributed by atoms with E-state index in [1.165, 1.54) is 17.4 Å². The molecule has 1 aliphatic rings. The van der Waals surface area contributed by atoms with Crippen LogP contribution in [-0.2, 0) is 0 Å². The third-order valence-electron chi connectivity index (χ3n) is 5.81. The van der Waals surface area contributed by atoms with Gasteiger partial charge in [0.05, 0.1) is 22.3 Å². The number of amides is 1. The van der Waals surface area contributed by atoms with Gasteiger partial charge in [0.1, 0.15) is 10.9 Å². The fourth-order valence-corrected chi connectivity index (χ4v) is 5.70. The van der Waals surface area contributed by atoms with E-state index in [4.69, 9.17) is 23.2 Å². The number of carboxylic acid groups (broad SMARTS) is 1. The smallest absolute Gasteiger partial charge is 0.348 e. The number of anilines is 1. The highest BCUT2D eigenvalue weighted by Gasteiger charge is 2.38. The highest BCUT2D eigenvalue weighted by atomic mass is 35.5. The van der Waals surface area contributed by atoms with E-state index in [2.05, 4.69) is 5.73 Å². The number of hydrogen-bond acceptors (Lipinski definition) is 3. The first-order valence-electron chi connectivity index (χ1n) is 10.4. The largest absolute Gasteiger partial charge is 1.00 e. The van der Waals surface area contributed by atoms with E-state index < -0.39 is 5.97 Å². The van der Waals surface area contributed by atoms with Crippen molar-refractivity contribution >= 4 is 52.1 Å². The molecule has 3 aromatic rings. The van der Waals surface area contributed by atoms with Gasteiger partial charge in [-0.3, -0.25) is 9.69 Å². The molecule has 0 radical (unpaired) electrons. The molecule has 2 aromatic carbocycles. The van der Waals surface area contributed by atoms with Crippen molar-refractivity contribution in [1.82, 2.24) is 0 Å². The maximum Gasteiger partial charge on any atom is 0.348 e. The van der Waals surface area contributed by atoms with Crippen LogP contribution >= 0.6 is 34.5 Å². The number of nitrogens with zero attached hydrogens (tertiary/aromatic N) is 1. The lowest BCUT2D eigenvalue weighted by Gasteiger charge is -2.36. The van der Waals surface area contributed by atoms with Gasteiger partial charge in [-0.15, -0.1) is 11.3 Å². The third-order valence-corrected chi connectivity index (χ3v) is 7.51. The molecule has 2 atom stereocenters. The topological polar surface area (TPSA) is 85.3 Å². The van der Waals surface area contributed by atoms with Crippen LogP contribution in [0.5, 0.6) is 0 Å². The number of hydrogen-bond donors (Lipinski definition) is 2. The Hall–Kier alpha value is -2.09. The Kier molecular flexibility index (Phi) is 8.43. The summed E-state index contributed by atoms with van der Waals surface area (Å²) in [7, 11) is 0. The third kappa shape index (κ3) is 5.36. The average Bonchev–Trinajstić information content (AvgIpc) is 3.21. The maximum absolute atomic E-state index is 13.8. The van der Waals surface area contributed by atoms with Gasteiger partial charge in [0.15, 0.2) is 0 Å². The lowest BCUT2D eigenvalue weighted by molar-refractivity contribution is -0.428. The minimum absolute atomic E-state index is 0. The van der Waals surface area contributed by atoms with Gasteiger partial charge in [0, 0.05) is 16.3 Å². The summed E-state index contributed by atoms with van der Waals surface area (Å²) in [6, 6.07) is 15.8. The Morgan fingerprint density at radius 1 is 1.03 bits per heavy atom. The van der Waals surface area contributed by atoms with Crippen molar-refractivity contribution in [2.45, 2.75) is 37.8 Å². The molecule has 5 nitrogen and oxygen atoms in total. The van der Waals surface area contributed by atoms with Gasteiger partial charge in [0.25, 0.3) is 5.91 Å². The minimum Gasteiger partial charge on any atom is -1.00 e. The highest BCUT2D eigenvalue weighted by Crippen LogP contribution is 2.40. The van der Waals surface area contributed by atoms with E-state index in [9.17, 15) is 14.7 Å². The minimum atomic E-state index is -1.07. The number of thiophene rings is 1. The molecule has 33 heavy (non-hydrogen) atoms. The van der Waals surface area contributed by atoms with Gasteiger partial charge in [0.2, 0.25) is 0 Å². The summed E-state index contributed by atoms with van der Waals surface area (Å²) in [5.41, 5.74) is 5.86. The lowest BCUT2D eigenvalue weighted by atomic mass is 9.89. The SMILES string of the molecule is [Cl-].[NH3+]C1CCCC[C@H]1N(C(=O)c1ccc(Cl)cc1Cl)c1cc(-c2ccccc2)sc1C(=O)O. The van der Waals surface area contributed by atoms with Gasteiger partial charge in [-0.1, -0.05) is 60.0 Å². The molecule has 4 rings (SSSR count). The Balaban J connectivity index is 0.00000306. The Bertz CT molecular complexity index is 1150. The predicted octanol–water partition coefficient (Wildman–Crippen LogP) is 2.62. The van der Waals surface area contributed by atoms with Crippen molar-refractivity contribution in [3.8, 4) is 10.4 Å². The van der Waals surface area contributed by atoms with Crippen molar-refractivity contribution in [3.05, 3.63) is 75.1 Å². The van der Waals surface area contributed by atoms with E-state index in [0.717, 1.165) is 36.1 Å². The molecule has 0 saturated heterocycles. The van der Waals surface area contributed by atoms with Crippen molar-refractivity contribution < 1.29 is 32.8 Å². The molecule has 1 saturated carbocycles.